The molecule has 0 aliphatic carbocycles. The number of fused-ring (bicyclic) bond motifs is 1. The predicted octanol–water partition coefficient (Wildman–Crippen LogP) is 0.193. The maximum atomic E-state index is 12.8. The van der Waals surface area contributed by atoms with Gasteiger partial charge in [0.25, 0.3) is 5.91 Å². The molecule has 1 aliphatic heterocycles. The number of rotatable bonds is 6. The lowest BCUT2D eigenvalue weighted by molar-refractivity contribution is 0.0111. The molecule has 0 radical (unpaired) electrons. The highest BCUT2D eigenvalue weighted by molar-refractivity contribution is 5.99. The molecule has 3 heterocycles. The van der Waals surface area contributed by atoms with Gasteiger partial charge in [-0.15, -0.1) is 0 Å². The summed E-state index contributed by atoms with van der Waals surface area (Å²) in [6.45, 7) is 8.06. The fourth-order valence-corrected chi connectivity index (χ4v) is 3.02. The second kappa shape index (κ2) is 7.90. The maximum Gasteiger partial charge on any atom is 0.259 e. The van der Waals surface area contributed by atoms with E-state index in [0.717, 1.165) is 18.8 Å². The third-order valence-electron chi connectivity index (χ3n) is 4.38. The zero-order valence-corrected chi connectivity index (χ0v) is 14.8. The van der Waals surface area contributed by atoms with Crippen LogP contribution in [0.2, 0.25) is 0 Å². The Labute approximate surface area is 147 Å². The van der Waals surface area contributed by atoms with Gasteiger partial charge in [0.2, 0.25) is 0 Å². The molecule has 8 heteroatoms. The van der Waals surface area contributed by atoms with Crippen molar-refractivity contribution in [2.75, 3.05) is 45.9 Å². The number of β-amino-alcohol motifs (C(OH)–C–C–N with tert-alkyl or cyclic N) is 1. The van der Waals surface area contributed by atoms with Gasteiger partial charge in [0.15, 0.2) is 5.65 Å². The number of carbonyl (C=O) groups excluding carboxylic acids is 1. The van der Waals surface area contributed by atoms with Crippen molar-refractivity contribution in [3.63, 3.8) is 0 Å². The van der Waals surface area contributed by atoms with Crippen molar-refractivity contribution in [2.45, 2.75) is 20.0 Å². The Morgan fingerprint density at radius 3 is 2.84 bits per heavy atom. The van der Waals surface area contributed by atoms with E-state index in [1.807, 2.05) is 31.0 Å². The second-order valence-corrected chi connectivity index (χ2v) is 6.30. The summed E-state index contributed by atoms with van der Waals surface area (Å²) in [5, 5.41) is 14.1. The van der Waals surface area contributed by atoms with E-state index >= 15 is 0 Å². The van der Waals surface area contributed by atoms with Crippen LogP contribution in [0.25, 0.3) is 5.65 Å². The number of hydrogen-bond donors (Lipinski definition) is 1. The van der Waals surface area contributed by atoms with Gasteiger partial charge >= 0.3 is 0 Å². The lowest BCUT2D eigenvalue weighted by Gasteiger charge is -2.35. The summed E-state index contributed by atoms with van der Waals surface area (Å²) in [6.07, 6.45) is 2.91. The summed E-state index contributed by atoms with van der Waals surface area (Å²) in [5.74, 6) is -0.0392. The molecule has 1 saturated heterocycles. The SMILES string of the molecule is CCOC[C@H](O)CN1CCN(C(=O)c2cnn3ccc(C)nc23)CC1. The molecule has 0 bridgehead atoms. The van der Waals surface area contributed by atoms with Crippen molar-refractivity contribution >= 4 is 11.6 Å². The van der Waals surface area contributed by atoms with Gasteiger partial charge in [-0.05, 0) is 19.9 Å². The standard InChI is InChI=1S/C17H25N5O3/c1-3-25-12-14(23)11-20-6-8-21(9-7-20)17(24)15-10-18-22-5-4-13(2)19-16(15)22/h4-5,10,14,23H,3,6-9,11-12H2,1-2H3/t14-/m1/s1. The molecule has 3 rings (SSSR count). The Morgan fingerprint density at radius 1 is 1.36 bits per heavy atom. The quantitative estimate of drug-likeness (QED) is 0.803. The smallest absolute Gasteiger partial charge is 0.259 e. The number of aryl methyl sites for hydroxylation is 1. The van der Waals surface area contributed by atoms with Crippen molar-refractivity contribution in [3.05, 3.63) is 29.7 Å². The van der Waals surface area contributed by atoms with Crippen LogP contribution in [0.3, 0.4) is 0 Å². The molecule has 0 aromatic carbocycles. The Balaban J connectivity index is 1.59. The molecule has 1 fully saturated rings. The van der Waals surface area contributed by atoms with Crippen molar-refractivity contribution in [1.82, 2.24) is 24.4 Å². The van der Waals surface area contributed by atoms with Gasteiger partial charge in [0.1, 0.15) is 5.56 Å². The molecule has 1 atom stereocenters. The Bertz CT molecular complexity index is 724. The first kappa shape index (κ1) is 17.8. The molecule has 25 heavy (non-hydrogen) atoms. The minimum absolute atomic E-state index is 0.0392. The number of nitrogens with zero attached hydrogens (tertiary/aromatic N) is 5. The van der Waals surface area contributed by atoms with Crippen molar-refractivity contribution < 1.29 is 14.6 Å². The van der Waals surface area contributed by atoms with E-state index in [0.29, 0.717) is 44.1 Å². The summed E-state index contributed by atoms with van der Waals surface area (Å²) in [6, 6.07) is 1.86. The van der Waals surface area contributed by atoms with E-state index in [2.05, 4.69) is 15.0 Å². The first-order valence-corrected chi connectivity index (χ1v) is 8.67. The highest BCUT2D eigenvalue weighted by Gasteiger charge is 2.25. The Kier molecular flexibility index (Phi) is 5.62. The molecule has 2 aromatic rings. The number of hydrogen-bond acceptors (Lipinski definition) is 6. The van der Waals surface area contributed by atoms with Gasteiger partial charge in [-0.1, -0.05) is 0 Å². The lowest BCUT2D eigenvalue weighted by Crippen LogP contribution is -2.50. The van der Waals surface area contributed by atoms with Crippen LogP contribution in [-0.2, 0) is 4.74 Å². The predicted molar refractivity (Wildman–Crippen MR) is 92.6 cm³/mol. The average molecular weight is 347 g/mol. The van der Waals surface area contributed by atoms with E-state index < -0.39 is 6.10 Å². The Hall–Kier alpha value is -2.03. The number of piperazine rings is 1. The highest BCUT2D eigenvalue weighted by Crippen LogP contribution is 2.14. The monoisotopic (exact) mass is 347 g/mol. The van der Waals surface area contributed by atoms with Gasteiger partial charge in [-0.3, -0.25) is 9.69 Å². The zero-order chi connectivity index (χ0) is 17.8. The van der Waals surface area contributed by atoms with Gasteiger partial charge in [0.05, 0.1) is 18.9 Å². The molecule has 1 N–H and O–H groups in total. The summed E-state index contributed by atoms with van der Waals surface area (Å²) < 4.78 is 6.86. The number of amides is 1. The second-order valence-electron chi connectivity index (χ2n) is 6.30. The topological polar surface area (TPSA) is 83.2 Å². The van der Waals surface area contributed by atoms with Gasteiger partial charge < -0.3 is 14.7 Å². The van der Waals surface area contributed by atoms with Crippen LogP contribution in [-0.4, -0.2) is 87.5 Å². The lowest BCUT2D eigenvalue weighted by atomic mass is 10.2. The van der Waals surface area contributed by atoms with Gasteiger partial charge in [-0.2, -0.15) is 5.10 Å². The molecular formula is C17H25N5O3. The van der Waals surface area contributed by atoms with Crippen molar-refractivity contribution in [1.29, 1.82) is 0 Å². The molecule has 0 unspecified atom stereocenters. The summed E-state index contributed by atoms with van der Waals surface area (Å²) in [4.78, 5) is 21.2. The Morgan fingerprint density at radius 2 is 2.12 bits per heavy atom. The summed E-state index contributed by atoms with van der Waals surface area (Å²) in [5.41, 5.74) is 1.99. The zero-order valence-electron chi connectivity index (χ0n) is 14.8. The van der Waals surface area contributed by atoms with Crippen molar-refractivity contribution in [3.8, 4) is 0 Å². The molecule has 136 valence electrons. The van der Waals surface area contributed by atoms with E-state index in [1.165, 1.54) is 0 Å². The van der Waals surface area contributed by atoms with Crippen LogP contribution in [0.15, 0.2) is 18.5 Å². The number of carbonyl (C=O) groups is 1. The maximum absolute atomic E-state index is 12.8. The minimum Gasteiger partial charge on any atom is -0.389 e. The van der Waals surface area contributed by atoms with Crippen LogP contribution in [0.4, 0.5) is 0 Å². The molecule has 1 amide bonds. The molecule has 8 nitrogen and oxygen atoms in total. The molecule has 2 aromatic heterocycles. The molecule has 1 aliphatic rings. The third kappa shape index (κ3) is 4.15. The molecule has 0 spiro atoms. The van der Waals surface area contributed by atoms with Crippen molar-refractivity contribution in [2.24, 2.45) is 0 Å². The summed E-state index contributed by atoms with van der Waals surface area (Å²) in [7, 11) is 0. The largest absolute Gasteiger partial charge is 0.389 e. The van der Waals surface area contributed by atoms with Gasteiger partial charge in [0, 0.05) is 51.2 Å². The van der Waals surface area contributed by atoms with E-state index in [-0.39, 0.29) is 5.91 Å². The number of aromatic nitrogens is 3. The number of aliphatic hydroxyl groups is 1. The first-order chi connectivity index (χ1) is 12.1. The third-order valence-corrected chi connectivity index (χ3v) is 4.38. The van der Waals surface area contributed by atoms with E-state index in [9.17, 15) is 9.90 Å². The normalized spacial score (nSPS) is 17.2. The molecular weight excluding hydrogens is 322 g/mol. The van der Waals surface area contributed by atoms with Crippen LogP contribution < -0.4 is 0 Å². The highest BCUT2D eigenvalue weighted by atomic mass is 16.5. The molecule has 0 saturated carbocycles. The average Bonchev–Trinajstić information content (AvgIpc) is 3.03. The van der Waals surface area contributed by atoms with E-state index in [1.54, 1.807) is 10.7 Å². The number of aliphatic hydroxyl groups excluding tert-OH is 1. The number of ether oxygens (including phenoxy) is 1. The first-order valence-electron chi connectivity index (χ1n) is 8.67. The fraction of sp³-hybridized carbons (Fsp3) is 0.588. The summed E-state index contributed by atoms with van der Waals surface area (Å²) >= 11 is 0. The van der Waals surface area contributed by atoms with Crippen LogP contribution in [0, 0.1) is 6.92 Å². The minimum atomic E-state index is -0.492. The van der Waals surface area contributed by atoms with Crippen LogP contribution in [0.1, 0.15) is 23.0 Å². The van der Waals surface area contributed by atoms with Gasteiger partial charge in [-0.25, -0.2) is 9.50 Å². The van der Waals surface area contributed by atoms with Crippen LogP contribution >= 0.6 is 0 Å². The van der Waals surface area contributed by atoms with E-state index in [4.69, 9.17) is 4.74 Å². The fourth-order valence-electron chi connectivity index (χ4n) is 3.02. The van der Waals surface area contributed by atoms with Crippen LogP contribution in [0.5, 0.6) is 0 Å².